The predicted octanol–water partition coefficient (Wildman–Crippen LogP) is 3.74. The molecule has 0 bridgehead atoms. The standard InChI is InChI=1S/C15H17F2NO2S/c16-14(17)20-12-1-3-13(4-2-12)21-18-7-5-15(6-8-18)9-11(19)10-15/h1-4,14H,5-10H2. The minimum absolute atomic E-state index is 0.180. The number of benzene rings is 1. The fourth-order valence-electron chi connectivity index (χ4n) is 3.02. The van der Waals surface area contributed by atoms with Gasteiger partial charge in [0.1, 0.15) is 11.5 Å². The summed E-state index contributed by atoms with van der Waals surface area (Å²) in [5.41, 5.74) is 0.281. The number of carbonyl (C=O) groups excluding carboxylic acids is 1. The Morgan fingerprint density at radius 3 is 2.29 bits per heavy atom. The first-order valence-electron chi connectivity index (χ1n) is 7.04. The summed E-state index contributed by atoms with van der Waals surface area (Å²) in [6.07, 6.45) is 3.65. The van der Waals surface area contributed by atoms with Crippen LogP contribution in [0.4, 0.5) is 8.78 Å². The number of piperidine rings is 1. The van der Waals surface area contributed by atoms with Crippen LogP contribution in [0.5, 0.6) is 5.75 Å². The summed E-state index contributed by atoms with van der Waals surface area (Å²) in [6.45, 7) is -0.854. The van der Waals surface area contributed by atoms with Gasteiger partial charge in [-0.2, -0.15) is 8.78 Å². The van der Waals surface area contributed by atoms with E-state index in [2.05, 4.69) is 9.04 Å². The van der Waals surface area contributed by atoms with E-state index >= 15 is 0 Å². The van der Waals surface area contributed by atoms with E-state index in [0.717, 1.165) is 43.7 Å². The molecule has 1 aliphatic carbocycles. The number of ether oxygens (including phenoxy) is 1. The van der Waals surface area contributed by atoms with Crippen LogP contribution in [-0.4, -0.2) is 29.8 Å². The average Bonchev–Trinajstić information content (AvgIpc) is 2.41. The third-order valence-corrected chi connectivity index (χ3v) is 5.32. The van der Waals surface area contributed by atoms with E-state index < -0.39 is 6.61 Å². The second kappa shape index (κ2) is 5.93. The third kappa shape index (κ3) is 3.55. The fourth-order valence-corrected chi connectivity index (χ4v) is 3.94. The number of rotatable bonds is 4. The maximum atomic E-state index is 12.1. The molecule has 3 nitrogen and oxygen atoms in total. The Balaban J connectivity index is 1.50. The smallest absolute Gasteiger partial charge is 0.387 e. The van der Waals surface area contributed by atoms with Crippen molar-refractivity contribution in [1.29, 1.82) is 0 Å². The molecule has 0 unspecified atom stereocenters. The van der Waals surface area contributed by atoms with E-state index in [9.17, 15) is 13.6 Å². The first kappa shape index (κ1) is 14.8. The number of carbonyl (C=O) groups is 1. The minimum Gasteiger partial charge on any atom is -0.435 e. The molecular formula is C15H17F2NO2S. The number of nitrogens with zero attached hydrogens (tertiary/aromatic N) is 1. The molecule has 1 spiro atoms. The van der Waals surface area contributed by atoms with Crippen molar-refractivity contribution in [2.45, 2.75) is 37.2 Å². The van der Waals surface area contributed by atoms with Crippen LogP contribution in [0.15, 0.2) is 29.2 Å². The SMILES string of the molecule is O=C1CC2(CCN(Sc3ccc(OC(F)F)cc3)CC2)C1. The van der Waals surface area contributed by atoms with Crippen molar-refractivity contribution in [3.05, 3.63) is 24.3 Å². The quantitative estimate of drug-likeness (QED) is 0.792. The lowest BCUT2D eigenvalue weighted by molar-refractivity contribution is -0.134. The number of alkyl halides is 2. The van der Waals surface area contributed by atoms with Gasteiger partial charge in [0, 0.05) is 30.8 Å². The van der Waals surface area contributed by atoms with Gasteiger partial charge >= 0.3 is 6.61 Å². The van der Waals surface area contributed by atoms with Gasteiger partial charge in [0.2, 0.25) is 0 Å². The van der Waals surface area contributed by atoms with Crippen LogP contribution in [0, 0.1) is 5.41 Å². The van der Waals surface area contributed by atoms with Crippen LogP contribution in [0.25, 0.3) is 0 Å². The molecule has 1 heterocycles. The molecule has 1 saturated carbocycles. The summed E-state index contributed by atoms with van der Waals surface area (Å²) in [5.74, 6) is 0.575. The van der Waals surface area contributed by atoms with Crippen molar-refractivity contribution < 1.29 is 18.3 Å². The number of hydrogen-bond donors (Lipinski definition) is 0. The normalized spacial score (nSPS) is 21.6. The molecular weight excluding hydrogens is 296 g/mol. The maximum absolute atomic E-state index is 12.1. The average molecular weight is 313 g/mol. The van der Waals surface area contributed by atoms with E-state index in [1.165, 1.54) is 0 Å². The van der Waals surface area contributed by atoms with E-state index in [1.807, 2.05) is 0 Å². The summed E-state index contributed by atoms with van der Waals surface area (Å²) in [6, 6.07) is 6.70. The molecule has 1 aromatic rings. The van der Waals surface area contributed by atoms with E-state index in [0.29, 0.717) is 5.78 Å². The Hall–Kier alpha value is -1.14. The fraction of sp³-hybridized carbons (Fsp3) is 0.533. The third-order valence-electron chi connectivity index (χ3n) is 4.21. The topological polar surface area (TPSA) is 29.5 Å². The van der Waals surface area contributed by atoms with Crippen molar-refractivity contribution in [1.82, 2.24) is 4.31 Å². The summed E-state index contributed by atoms with van der Waals surface area (Å²) in [4.78, 5) is 12.2. The molecule has 0 radical (unpaired) electrons. The Morgan fingerprint density at radius 2 is 1.76 bits per heavy atom. The number of hydrogen-bond acceptors (Lipinski definition) is 4. The van der Waals surface area contributed by atoms with Gasteiger partial charge < -0.3 is 4.74 Å². The van der Waals surface area contributed by atoms with Gasteiger partial charge in [0.25, 0.3) is 0 Å². The molecule has 2 fully saturated rings. The Kier molecular flexibility index (Phi) is 4.17. The lowest BCUT2D eigenvalue weighted by atomic mass is 9.63. The number of Topliss-reactive ketones (excluding diaryl/α,β-unsaturated/α-hetero) is 1. The zero-order valence-electron chi connectivity index (χ0n) is 11.6. The monoisotopic (exact) mass is 313 g/mol. The van der Waals surface area contributed by atoms with Gasteiger partial charge in [-0.15, -0.1) is 0 Å². The Labute approximate surface area is 126 Å². The van der Waals surface area contributed by atoms with Crippen LogP contribution in [-0.2, 0) is 4.79 Å². The van der Waals surface area contributed by atoms with Crippen molar-refractivity contribution in [2.75, 3.05) is 13.1 Å². The first-order valence-corrected chi connectivity index (χ1v) is 7.82. The molecule has 0 amide bonds. The van der Waals surface area contributed by atoms with Gasteiger partial charge in [-0.1, -0.05) is 0 Å². The van der Waals surface area contributed by atoms with Gasteiger partial charge in [0.05, 0.1) is 0 Å². The highest BCUT2D eigenvalue weighted by molar-refractivity contribution is 7.97. The van der Waals surface area contributed by atoms with Crippen molar-refractivity contribution >= 4 is 17.7 Å². The van der Waals surface area contributed by atoms with Gasteiger partial charge in [-0.05, 0) is 54.5 Å². The molecule has 0 aromatic heterocycles. The summed E-state index contributed by atoms with van der Waals surface area (Å²) >= 11 is 1.63. The largest absolute Gasteiger partial charge is 0.435 e. The molecule has 1 saturated heterocycles. The lowest BCUT2D eigenvalue weighted by Crippen LogP contribution is -2.45. The molecule has 0 N–H and O–H groups in total. The van der Waals surface area contributed by atoms with E-state index in [-0.39, 0.29) is 11.2 Å². The summed E-state index contributed by atoms with van der Waals surface area (Å²) < 4.78 is 30.8. The second-order valence-corrected chi connectivity index (χ2v) is 6.93. The van der Waals surface area contributed by atoms with Crippen LogP contribution in [0.2, 0.25) is 0 Å². The van der Waals surface area contributed by atoms with Crippen LogP contribution in [0.3, 0.4) is 0 Å². The number of halogens is 2. The molecule has 114 valence electrons. The highest BCUT2D eigenvalue weighted by atomic mass is 32.2. The molecule has 1 aliphatic heterocycles. The highest BCUT2D eigenvalue weighted by Crippen LogP contribution is 2.47. The summed E-state index contributed by atoms with van der Waals surface area (Å²) in [7, 11) is 0. The van der Waals surface area contributed by atoms with Gasteiger partial charge in [-0.25, -0.2) is 4.31 Å². The van der Waals surface area contributed by atoms with Crippen molar-refractivity contribution in [3.8, 4) is 5.75 Å². The Morgan fingerprint density at radius 1 is 1.14 bits per heavy atom. The second-order valence-electron chi connectivity index (χ2n) is 5.76. The highest BCUT2D eigenvalue weighted by Gasteiger charge is 2.45. The molecule has 6 heteroatoms. The molecule has 0 atom stereocenters. The van der Waals surface area contributed by atoms with E-state index in [4.69, 9.17) is 0 Å². The molecule has 2 aliphatic rings. The molecule has 1 aromatic carbocycles. The molecule has 21 heavy (non-hydrogen) atoms. The Bertz CT molecular complexity index is 503. The van der Waals surface area contributed by atoms with Crippen molar-refractivity contribution in [3.63, 3.8) is 0 Å². The number of ketones is 1. The van der Waals surface area contributed by atoms with Crippen molar-refractivity contribution in [2.24, 2.45) is 5.41 Å². The maximum Gasteiger partial charge on any atom is 0.387 e. The zero-order valence-corrected chi connectivity index (χ0v) is 12.4. The first-order chi connectivity index (χ1) is 10.0. The lowest BCUT2D eigenvalue weighted by Gasteiger charge is -2.46. The summed E-state index contributed by atoms with van der Waals surface area (Å²) in [5, 5.41) is 0. The zero-order chi connectivity index (χ0) is 14.9. The van der Waals surface area contributed by atoms with Gasteiger partial charge in [-0.3, -0.25) is 4.79 Å². The van der Waals surface area contributed by atoms with Crippen LogP contribution in [0.1, 0.15) is 25.7 Å². The van der Waals surface area contributed by atoms with Crippen LogP contribution < -0.4 is 4.74 Å². The van der Waals surface area contributed by atoms with E-state index in [1.54, 1.807) is 36.2 Å². The minimum atomic E-state index is -2.79. The molecule has 3 rings (SSSR count). The van der Waals surface area contributed by atoms with Gasteiger partial charge in [0.15, 0.2) is 0 Å². The van der Waals surface area contributed by atoms with Crippen LogP contribution >= 0.6 is 11.9 Å². The predicted molar refractivity (Wildman–Crippen MR) is 76.4 cm³/mol.